The van der Waals surface area contributed by atoms with Gasteiger partial charge in [0.05, 0.1) is 7.11 Å². The third-order valence-electron chi connectivity index (χ3n) is 4.23. The smallest absolute Gasteiger partial charge is 0.328 e. The summed E-state index contributed by atoms with van der Waals surface area (Å²) in [7, 11) is 3.40. The van der Waals surface area contributed by atoms with Gasteiger partial charge < -0.3 is 25.6 Å². The van der Waals surface area contributed by atoms with E-state index in [0.717, 1.165) is 29.4 Å². The molecule has 0 fully saturated rings. The Hall–Kier alpha value is -4.66. The van der Waals surface area contributed by atoms with Crippen LogP contribution in [0.15, 0.2) is 89.9 Å². The zero-order valence-corrected chi connectivity index (χ0v) is 18.8. The molecule has 0 atom stereocenters. The Morgan fingerprint density at radius 1 is 0.912 bits per heavy atom. The number of anilines is 2. The van der Waals surface area contributed by atoms with Crippen LogP contribution in [0.2, 0.25) is 0 Å². The van der Waals surface area contributed by atoms with Crippen molar-refractivity contribution in [2.24, 2.45) is 4.99 Å². The molecule has 3 aromatic rings. The lowest BCUT2D eigenvalue weighted by molar-refractivity contribution is -0.134. The zero-order chi connectivity index (χ0) is 24.8. The van der Waals surface area contributed by atoms with Gasteiger partial charge in [-0.25, -0.2) is 14.6 Å². The summed E-state index contributed by atoms with van der Waals surface area (Å²) in [5, 5.41) is 22.1. The van der Waals surface area contributed by atoms with E-state index in [2.05, 4.69) is 32.7 Å². The SMILES string of the molecule is CN=C(Nc1ccccc1)Nc1cccc(Cc2ccc(OC)cc2)n1.O=C(O)C=CC(=O)O. The van der Waals surface area contributed by atoms with Gasteiger partial charge in [-0.3, -0.25) is 4.99 Å². The first-order chi connectivity index (χ1) is 16.4. The number of aliphatic carboxylic acids is 2. The number of benzene rings is 2. The van der Waals surface area contributed by atoms with Gasteiger partial charge in [-0.05, 0) is 42.0 Å². The highest BCUT2D eigenvalue weighted by Crippen LogP contribution is 2.15. The average molecular weight is 463 g/mol. The first-order valence-corrected chi connectivity index (χ1v) is 10.2. The molecule has 1 aromatic heterocycles. The number of carbonyl (C=O) groups is 2. The maximum Gasteiger partial charge on any atom is 0.328 e. The van der Waals surface area contributed by atoms with E-state index in [1.54, 1.807) is 14.2 Å². The Kier molecular flexibility index (Phi) is 10.3. The predicted octanol–water partition coefficient (Wildman–Crippen LogP) is 3.90. The fraction of sp³-hybridized carbons (Fsp3) is 0.120. The summed E-state index contributed by atoms with van der Waals surface area (Å²) in [5.74, 6) is -0.266. The third kappa shape index (κ3) is 9.65. The topological polar surface area (TPSA) is 133 Å². The van der Waals surface area contributed by atoms with Crippen molar-refractivity contribution in [3.63, 3.8) is 0 Å². The van der Waals surface area contributed by atoms with E-state index in [9.17, 15) is 9.59 Å². The Bertz CT molecular complexity index is 1110. The summed E-state index contributed by atoms with van der Waals surface area (Å²) >= 11 is 0. The standard InChI is InChI=1S/C21H22N4O.C4H4O4/c1-22-21(24-17-7-4-3-5-8-17)25-20-10-6-9-18(23-20)15-16-11-13-19(26-2)14-12-16;5-3(6)1-2-4(7)8/h3-14H,15H2,1-2H3,(H2,22,23,24,25);1-2H,(H,5,6)(H,7,8). The number of ether oxygens (including phenoxy) is 1. The molecule has 9 nitrogen and oxygen atoms in total. The van der Waals surface area contributed by atoms with Crippen molar-refractivity contribution in [3.05, 3.63) is 96.2 Å². The summed E-state index contributed by atoms with van der Waals surface area (Å²) in [4.78, 5) is 28.0. The average Bonchev–Trinajstić information content (AvgIpc) is 2.84. The number of nitrogens with zero attached hydrogens (tertiary/aromatic N) is 2. The quantitative estimate of drug-likeness (QED) is 0.236. The van der Waals surface area contributed by atoms with Crippen LogP contribution in [0, 0.1) is 0 Å². The second kappa shape index (κ2) is 13.7. The molecule has 0 radical (unpaired) electrons. The van der Waals surface area contributed by atoms with Crippen molar-refractivity contribution in [2.75, 3.05) is 24.8 Å². The highest BCUT2D eigenvalue weighted by atomic mass is 16.5. The van der Waals surface area contributed by atoms with Crippen LogP contribution in [-0.4, -0.2) is 47.3 Å². The van der Waals surface area contributed by atoms with Crippen LogP contribution in [0.5, 0.6) is 5.75 Å². The van der Waals surface area contributed by atoms with Gasteiger partial charge in [-0.1, -0.05) is 36.4 Å². The molecule has 0 saturated carbocycles. The van der Waals surface area contributed by atoms with Gasteiger partial charge in [0.2, 0.25) is 5.96 Å². The van der Waals surface area contributed by atoms with Gasteiger partial charge in [-0.2, -0.15) is 0 Å². The second-order valence-corrected chi connectivity index (χ2v) is 6.74. The van der Waals surface area contributed by atoms with Gasteiger partial charge in [0, 0.05) is 37.0 Å². The number of aromatic nitrogens is 1. The van der Waals surface area contributed by atoms with Crippen molar-refractivity contribution in [1.29, 1.82) is 0 Å². The molecule has 0 aliphatic carbocycles. The van der Waals surface area contributed by atoms with Crippen molar-refractivity contribution >= 4 is 29.4 Å². The lowest BCUT2D eigenvalue weighted by Crippen LogP contribution is -2.22. The molecule has 0 aliphatic heterocycles. The molecule has 34 heavy (non-hydrogen) atoms. The minimum absolute atomic E-state index is 0.558. The van der Waals surface area contributed by atoms with Gasteiger partial charge in [0.1, 0.15) is 11.6 Å². The lowest BCUT2D eigenvalue weighted by Gasteiger charge is -2.12. The molecule has 2 aromatic carbocycles. The predicted molar refractivity (Wildman–Crippen MR) is 131 cm³/mol. The van der Waals surface area contributed by atoms with E-state index < -0.39 is 11.9 Å². The van der Waals surface area contributed by atoms with E-state index in [0.29, 0.717) is 18.1 Å². The van der Waals surface area contributed by atoms with Crippen LogP contribution in [0.3, 0.4) is 0 Å². The number of rotatable bonds is 7. The molecule has 0 amide bonds. The fourth-order valence-electron chi connectivity index (χ4n) is 2.67. The molecule has 3 rings (SSSR count). The molecule has 0 bridgehead atoms. The number of hydrogen-bond donors (Lipinski definition) is 4. The molecule has 1 heterocycles. The largest absolute Gasteiger partial charge is 0.497 e. The molecule has 0 spiro atoms. The van der Waals surface area contributed by atoms with Gasteiger partial charge in [0.15, 0.2) is 0 Å². The Labute approximate surface area is 197 Å². The van der Waals surface area contributed by atoms with E-state index in [-0.39, 0.29) is 0 Å². The first kappa shape index (κ1) is 25.6. The lowest BCUT2D eigenvalue weighted by atomic mass is 10.1. The first-order valence-electron chi connectivity index (χ1n) is 10.2. The Morgan fingerprint density at radius 2 is 1.56 bits per heavy atom. The summed E-state index contributed by atoms with van der Waals surface area (Å²) < 4.78 is 5.20. The molecule has 176 valence electrons. The molecule has 0 unspecified atom stereocenters. The monoisotopic (exact) mass is 462 g/mol. The molecule has 0 aliphatic rings. The number of hydrogen-bond acceptors (Lipinski definition) is 5. The Balaban J connectivity index is 0.000000440. The number of carboxylic acid groups (broad SMARTS) is 2. The number of nitrogens with one attached hydrogen (secondary N) is 2. The highest BCUT2D eigenvalue weighted by molar-refractivity contribution is 6.02. The summed E-state index contributed by atoms with van der Waals surface area (Å²) in [6, 6.07) is 23.9. The minimum atomic E-state index is -1.26. The van der Waals surface area contributed by atoms with Crippen LogP contribution in [0.1, 0.15) is 11.3 Å². The third-order valence-corrected chi connectivity index (χ3v) is 4.23. The summed E-state index contributed by atoms with van der Waals surface area (Å²) in [6.45, 7) is 0. The number of carboxylic acids is 2. The van der Waals surface area contributed by atoms with Crippen LogP contribution in [0.25, 0.3) is 0 Å². The maximum absolute atomic E-state index is 9.55. The molecular weight excluding hydrogens is 436 g/mol. The number of para-hydroxylation sites is 1. The van der Waals surface area contributed by atoms with Crippen molar-refractivity contribution in [3.8, 4) is 5.75 Å². The van der Waals surface area contributed by atoms with Crippen LogP contribution in [-0.2, 0) is 16.0 Å². The van der Waals surface area contributed by atoms with Crippen molar-refractivity contribution in [2.45, 2.75) is 6.42 Å². The second-order valence-electron chi connectivity index (χ2n) is 6.74. The molecular formula is C25H26N4O5. The number of pyridine rings is 1. The molecule has 9 heteroatoms. The number of aliphatic imine (C=N–C) groups is 1. The maximum atomic E-state index is 9.55. The summed E-state index contributed by atoms with van der Waals surface area (Å²) in [5.41, 5.74) is 3.13. The summed E-state index contributed by atoms with van der Waals surface area (Å²) in [6.07, 6.45) is 1.87. The van der Waals surface area contributed by atoms with E-state index in [1.165, 1.54) is 5.56 Å². The van der Waals surface area contributed by atoms with Gasteiger partial charge >= 0.3 is 11.9 Å². The highest BCUT2D eigenvalue weighted by Gasteiger charge is 2.04. The zero-order valence-electron chi connectivity index (χ0n) is 18.8. The normalized spacial score (nSPS) is 10.7. The number of methoxy groups -OCH3 is 1. The minimum Gasteiger partial charge on any atom is -0.497 e. The number of guanidine groups is 1. The van der Waals surface area contributed by atoms with E-state index in [1.807, 2.05) is 60.7 Å². The van der Waals surface area contributed by atoms with Gasteiger partial charge in [0.25, 0.3) is 0 Å². The fourth-order valence-corrected chi connectivity index (χ4v) is 2.67. The molecule has 4 N–H and O–H groups in total. The van der Waals surface area contributed by atoms with Crippen molar-refractivity contribution < 1.29 is 24.5 Å². The van der Waals surface area contributed by atoms with Crippen LogP contribution < -0.4 is 15.4 Å². The van der Waals surface area contributed by atoms with Crippen molar-refractivity contribution in [1.82, 2.24) is 4.98 Å². The molecule has 0 saturated heterocycles. The van der Waals surface area contributed by atoms with E-state index in [4.69, 9.17) is 14.9 Å². The van der Waals surface area contributed by atoms with Crippen LogP contribution >= 0.6 is 0 Å². The van der Waals surface area contributed by atoms with Gasteiger partial charge in [-0.15, -0.1) is 0 Å². The van der Waals surface area contributed by atoms with Crippen LogP contribution in [0.4, 0.5) is 11.5 Å². The van der Waals surface area contributed by atoms with E-state index >= 15 is 0 Å². The Morgan fingerprint density at radius 3 is 2.12 bits per heavy atom.